The molecule has 23 heavy (non-hydrogen) atoms. The van der Waals surface area contributed by atoms with Crippen LogP contribution in [0.5, 0.6) is 11.5 Å². The first-order chi connectivity index (χ1) is 11.2. The summed E-state index contributed by atoms with van der Waals surface area (Å²) in [4.78, 5) is 12.5. The van der Waals surface area contributed by atoms with Gasteiger partial charge in [0.2, 0.25) is 5.16 Å². The lowest BCUT2D eigenvalue weighted by atomic mass is 10.1. The molecule has 0 aliphatic rings. The number of ether oxygens (including phenoxy) is 2. The van der Waals surface area contributed by atoms with E-state index in [9.17, 15) is 4.79 Å². The number of carbonyl (C=O) groups is 1. The van der Waals surface area contributed by atoms with Gasteiger partial charge in [-0.1, -0.05) is 25.1 Å². The van der Waals surface area contributed by atoms with Crippen LogP contribution in [-0.4, -0.2) is 46.0 Å². The molecule has 124 valence electrons. The van der Waals surface area contributed by atoms with Crippen LogP contribution in [0.2, 0.25) is 0 Å². The van der Waals surface area contributed by atoms with E-state index in [2.05, 4.69) is 22.4 Å². The van der Waals surface area contributed by atoms with Crippen molar-refractivity contribution in [2.24, 2.45) is 0 Å². The molecule has 2 aromatic rings. The van der Waals surface area contributed by atoms with Gasteiger partial charge < -0.3 is 9.47 Å². The first kappa shape index (κ1) is 17.3. The van der Waals surface area contributed by atoms with Crippen molar-refractivity contribution < 1.29 is 14.3 Å². The van der Waals surface area contributed by atoms with E-state index in [1.807, 2.05) is 0 Å². The van der Waals surface area contributed by atoms with E-state index >= 15 is 0 Å². The van der Waals surface area contributed by atoms with Crippen LogP contribution in [0.4, 0.5) is 0 Å². The first-order valence-electron chi connectivity index (χ1n) is 7.33. The third-order valence-electron chi connectivity index (χ3n) is 3.26. The minimum atomic E-state index is -0.0595. The molecule has 0 radical (unpaired) electrons. The second kappa shape index (κ2) is 8.52. The van der Waals surface area contributed by atoms with Crippen LogP contribution in [0.15, 0.2) is 23.4 Å². The molecule has 0 atom stereocenters. The second-order valence-electron chi connectivity index (χ2n) is 4.82. The fraction of sp³-hybridized carbons (Fsp3) is 0.467. The van der Waals surface area contributed by atoms with Gasteiger partial charge in [-0.2, -0.15) is 0 Å². The SMILES string of the molecule is CCCCn1nnnc1SCC(=O)c1cc(OC)ccc1OC. The molecule has 0 unspecified atom stereocenters. The molecular weight excluding hydrogens is 316 g/mol. The normalized spacial score (nSPS) is 10.6. The summed E-state index contributed by atoms with van der Waals surface area (Å²) < 4.78 is 12.1. The number of rotatable bonds is 9. The maximum absolute atomic E-state index is 12.5. The van der Waals surface area contributed by atoms with E-state index < -0.39 is 0 Å². The highest BCUT2D eigenvalue weighted by Gasteiger charge is 2.16. The Kier molecular flexibility index (Phi) is 6.40. The number of unbranched alkanes of at least 4 members (excludes halogenated alkanes) is 1. The zero-order valence-corrected chi connectivity index (χ0v) is 14.3. The van der Waals surface area contributed by atoms with Crippen molar-refractivity contribution in [3.8, 4) is 11.5 Å². The molecule has 7 nitrogen and oxygen atoms in total. The number of Topliss-reactive ketones (excluding diaryl/α,β-unsaturated/α-hetero) is 1. The summed E-state index contributed by atoms with van der Waals surface area (Å²) in [7, 11) is 3.10. The number of hydrogen-bond acceptors (Lipinski definition) is 7. The summed E-state index contributed by atoms with van der Waals surface area (Å²) in [5.74, 6) is 1.32. The molecule has 0 aliphatic carbocycles. The number of carbonyl (C=O) groups excluding carboxylic acids is 1. The van der Waals surface area contributed by atoms with E-state index in [4.69, 9.17) is 9.47 Å². The molecule has 0 spiro atoms. The van der Waals surface area contributed by atoms with Gasteiger partial charge in [-0.25, -0.2) is 4.68 Å². The second-order valence-corrected chi connectivity index (χ2v) is 5.76. The summed E-state index contributed by atoms with van der Waals surface area (Å²) in [6.07, 6.45) is 2.06. The maximum Gasteiger partial charge on any atom is 0.209 e. The Balaban J connectivity index is 2.06. The van der Waals surface area contributed by atoms with Crippen molar-refractivity contribution in [3.05, 3.63) is 23.8 Å². The fourth-order valence-corrected chi connectivity index (χ4v) is 2.77. The summed E-state index contributed by atoms with van der Waals surface area (Å²) in [5, 5.41) is 12.2. The molecule has 0 fully saturated rings. The molecule has 0 saturated carbocycles. The number of hydrogen-bond donors (Lipinski definition) is 0. The number of aryl methyl sites for hydroxylation is 1. The topological polar surface area (TPSA) is 79.1 Å². The predicted molar refractivity (Wildman–Crippen MR) is 87.3 cm³/mol. The smallest absolute Gasteiger partial charge is 0.209 e. The van der Waals surface area contributed by atoms with Crippen LogP contribution in [0, 0.1) is 0 Å². The van der Waals surface area contributed by atoms with Crippen LogP contribution in [0.25, 0.3) is 0 Å². The van der Waals surface area contributed by atoms with Gasteiger partial charge in [0.1, 0.15) is 11.5 Å². The number of methoxy groups -OCH3 is 2. The molecule has 0 aliphatic heterocycles. The number of ketones is 1. The minimum absolute atomic E-state index is 0.0595. The van der Waals surface area contributed by atoms with Crippen LogP contribution in [0.3, 0.4) is 0 Å². The predicted octanol–water partition coefficient (Wildman–Crippen LogP) is 2.47. The lowest BCUT2D eigenvalue weighted by Gasteiger charge is -2.09. The van der Waals surface area contributed by atoms with Gasteiger partial charge in [0.25, 0.3) is 0 Å². The van der Waals surface area contributed by atoms with Gasteiger partial charge in [0, 0.05) is 6.54 Å². The maximum atomic E-state index is 12.5. The fourth-order valence-electron chi connectivity index (χ4n) is 1.99. The van der Waals surface area contributed by atoms with Crippen molar-refractivity contribution in [3.63, 3.8) is 0 Å². The van der Waals surface area contributed by atoms with Crippen molar-refractivity contribution >= 4 is 17.5 Å². The van der Waals surface area contributed by atoms with Crippen molar-refractivity contribution in [2.75, 3.05) is 20.0 Å². The van der Waals surface area contributed by atoms with Crippen molar-refractivity contribution in [1.29, 1.82) is 0 Å². The lowest BCUT2D eigenvalue weighted by Crippen LogP contribution is -2.08. The zero-order valence-electron chi connectivity index (χ0n) is 13.5. The average molecular weight is 336 g/mol. The zero-order chi connectivity index (χ0) is 16.7. The van der Waals surface area contributed by atoms with Gasteiger partial charge >= 0.3 is 0 Å². The molecule has 1 aromatic heterocycles. The molecule has 8 heteroatoms. The minimum Gasteiger partial charge on any atom is -0.497 e. The van der Waals surface area contributed by atoms with Gasteiger partial charge in [-0.15, -0.1) is 5.10 Å². The lowest BCUT2D eigenvalue weighted by molar-refractivity contribution is 0.101. The highest BCUT2D eigenvalue weighted by molar-refractivity contribution is 7.99. The van der Waals surface area contributed by atoms with E-state index in [1.165, 1.54) is 18.9 Å². The number of thioether (sulfide) groups is 1. The average Bonchev–Trinajstić information content (AvgIpc) is 3.04. The highest BCUT2D eigenvalue weighted by atomic mass is 32.2. The molecule has 0 N–H and O–H groups in total. The van der Waals surface area contributed by atoms with E-state index in [0.29, 0.717) is 22.2 Å². The van der Waals surface area contributed by atoms with Crippen LogP contribution < -0.4 is 9.47 Å². The molecule has 2 rings (SSSR count). The number of aromatic nitrogens is 4. The third kappa shape index (κ3) is 4.44. The Hall–Kier alpha value is -2.09. The van der Waals surface area contributed by atoms with Gasteiger partial charge in [0.15, 0.2) is 5.78 Å². The highest BCUT2D eigenvalue weighted by Crippen LogP contribution is 2.26. The van der Waals surface area contributed by atoms with Gasteiger partial charge in [0.05, 0.1) is 25.5 Å². The van der Waals surface area contributed by atoms with Crippen LogP contribution >= 0.6 is 11.8 Å². The molecule has 0 amide bonds. The third-order valence-corrected chi connectivity index (χ3v) is 4.22. The molecule has 1 aromatic carbocycles. The van der Waals surface area contributed by atoms with Gasteiger partial charge in [-0.3, -0.25) is 4.79 Å². The first-order valence-corrected chi connectivity index (χ1v) is 8.32. The quantitative estimate of drug-likeness (QED) is 0.514. The largest absolute Gasteiger partial charge is 0.497 e. The summed E-state index contributed by atoms with van der Waals surface area (Å²) in [5.41, 5.74) is 0.493. The van der Waals surface area contributed by atoms with Crippen LogP contribution in [-0.2, 0) is 6.54 Å². The van der Waals surface area contributed by atoms with E-state index in [-0.39, 0.29) is 11.5 Å². The Bertz CT molecular complexity index is 660. The molecular formula is C15H20N4O3S. The molecule has 0 bridgehead atoms. The van der Waals surface area contributed by atoms with Crippen LogP contribution in [0.1, 0.15) is 30.1 Å². The Labute approximate surface area is 139 Å². The standard InChI is InChI=1S/C15H20N4O3S/c1-4-5-8-19-15(16-17-18-19)23-10-13(20)12-9-11(21-2)6-7-14(12)22-3/h6-7,9H,4-5,8,10H2,1-3H3. The summed E-state index contributed by atoms with van der Waals surface area (Å²) >= 11 is 1.32. The molecule has 0 saturated heterocycles. The Morgan fingerprint density at radius 1 is 1.30 bits per heavy atom. The Morgan fingerprint density at radius 3 is 2.83 bits per heavy atom. The number of nitrogens with zero attached hydrogens (tertiary/aromatic N) is 4. The van der Waals surface area contributed by atoms with Crippen molar-refractivity contribution in [2.45, 2.75) is 31.5 Å². The summed E-state index contributed by atoms with van der Waals surface area (Å²) in [6.45, 7) is 2.86. The summed E-state index contributed by atoms with van der Waals surface area (Å²) in [6, 6.07) is 5.16. The number of tetrazole rings is 1. The number of benzene rings is 1. The van der Waals surface area contributed by atoms with E-state index in [0.717, 1.165) is 19.4 Å². The molecule has 1 heterocycles. The van der Waals surface area contributed by atoms with Crippen molar-refractivity contribution in [1.82, 2.24) is 20.2 Å². The van der Waals surface area contributed by atoms with Gasteiger partial charge in [-0.05, 0) is 35.0 Å². The monoisotopic (exact) mass is 336 g/mol. The van der Waals surface area contributed by atoms with E-state index in [1.54, 1.807) is 30.0 Å². The Morgan fingerprint density at radius 2 is 2.13 bits per heavy atom.